The number of sulfonamides is 1. The smallest absolute Gasteiger partial charge is 0.252 e. The molecule has 0 bridgehead atoms. The molecule has 6 nitrogen and oxygen atoms in total. The van der Waals surface area contributed by atoms with Crippen molar-refractivity contribution in [1.29, 1.82) is 0 Å². The van der Waals surface area contributed by atoms with Gasteiger partial charge in [-0.1, -0.05) is 35.3 Å². The Morgan fingerprint density at radius 1 is 1.18 bits per heavy atom. The zero-order chi connectivity index (χ0) is 20.1. The first-order valence-electron chi connectivity index (χ1n) is 8.85. The molecule has 10 heteroatoms. The summed E-state index contributed by atoms with van der Waals surface area (Å²) in [6, 6.07) is 10.1. The van der Waals surface area contributed by atoms with Gasteiger partial charge in [-0.05, 0) is 29.8 Å². The van der Waals surface area contributed by atoms with Crippen molar-refractivity contribution >= 4 is 50.5 Å². The maximum Gasteiger partial charge on any atom is 0.252 e. The average molecular weight is 462 g/mol. The number of nitrogens with one attached hydrogen (secondary N) is 1. The number of carbonyl (C=O) groups is 1. The molecule has 0 saturated carbocycles. The van der Waals surface area contributed by atoms with Crippen LogP contribution in [0.2, 0.25) is 9.36 Å². The van der Waals surface area contributed by atoms with Crippen molar-refractivity contribution in [3.63, 3.8) is 0 Å². The lowest BCUT2D eigenvalue weighted by Gasteiger charge is -2.28. The van der Waals surface area contributed by atoms with Crippen LogP contribution in [0.1, 0.15) is 12.0 Å². The Labute approximate surface area is 179 Å². The van der Waals surface area contributed by atoms with Gasteiger partial charge in [0.1, 0.15) is 4.21 Å². The fourth-order valence-corrected chi connectivity index (χ4v) is 6.26. The second-order valence-electron chi connectivity index (χ2n) is 6.41. The van der Waals surface area contributed by atoms with Crippen molar-refractivity contribution < 1.29 is 13.2 Å². The first kappa shape index (κ1) is 21.5. The highest BCUT2D eigenvalue weighted by Crippen LogP contribution is 2.29. The number of nitrogens with zero attached hydrogens (tertiary/aromatic N) is 2. The van der Waals surface area contributed by atoms with Gasteiger partial charge in [-0.3, -0.25) is 4.79 Å². The molecule has 1 fully saturated rings. The molecule has 3 rings (SSSR count). The molecule has 0 spiro atoms. The van der Waals surface area contributed by atoms with E-state index in [1.54, 1.807) is 29.2 Å². The lowest BCUT2D eigenvalue weighted by molar-refractivity contribution is -0.131. The highest BCUT2D eigenvalue weighted by atomic mass is 35.5. The van der Waals surface area contributed by atoms with E-state index in [2.05, 4.69) is 5.32 Å². The van der Waals surface area contributed by atoms with Crippen molar-refractivity contribution in [3.05, 3.63) is 51.3 Å². The van der Waals surface area contributed by atoms with Gasteiger partial charge >= 0.3 is 0 Å². The lowest BCUT2D eigenvalue weighted by atomic mass is 10.2. The van der Waals surface area contributed by atoms with E-state index >= 15 is 0 Å². The minimum atomic E-state index is -3.78. The van der Waals surface area contributed by atoms with Crippen molar-refractivity contribution in [2.45, 2.75) is 17.2 Å². The molecule has 0 unspecified atom stereocenters. The van der Waals surface area contributed by atoms with Gasteiger partial charge in [0.25, 0.3) is 10.0 Å². The molecule has 1 aromatic carbocycles. The van der Waals surface area contributed by atoms with Gasteiger partial charge in [0.05, 0.1) is 4.34 Å². The summed E-state index contributed by atoms with van der Waals surface area (Å²) in [6.07, 6.45) is 0.124. The summed E-state index contributed by atoms with van der Waals surface area (Å²) < 4.78 is 28.1. The summed E-state index contributed by atoms with van der Waals surface area (Å²) in [5.41, 5.74) is 0.758. The summed E-state index contributed by atoms with van der Waals surface area (Å²) >= 11 is 13.0. The molecule has 0 atom stereocenters. The monoisotopic (exact) mass is 461 g/mol. The van der Waals surface area contributed by atoms with Crippen LogP contribution < -0.4 is 5.32 Å². The predicted octanol–water partition coefficient (Wildman–Crippen LogP) is 3.07. The minimum absolute atomic E-state index is 0.0444. The number of benzene rings is 1. The van der Waals surface area contributed by atoms with Crippen LogP contribution in [-0.4, -0.2) is 56.3 Å². The van der Waals surface area contributed by atoms with Gasteiger partial charge in [-0.25, -0.2) is 8.42 Å². The molecular weight excluding hydrogens is 441 g/mol. The number of amides is 1. The molecule has 1 aliphatic heterocycles. The summed E-state index contributed by atoms with van der Waals surface area (Å²) in [5, 5.41) is 3.73. The highest BCUT2D eigenvalue weighted by molar-refractivity contribution is 7.91. The molecule has 1 amide bonds. The van der Waals surface area contributed by atoms with Crippen LogP contribution in [0.3, 0.4) is 0 Å². The molecule has 28 heavy (non-hydrogen) atoms. The third kappa shape index (κ3) is 5.46. The van der Waals surface area contributed by atoms with E-state index in [0.29, 0.717) is 22.4 Å². The van der Waals surface area contributed by atoms with Gasteiger partial charge in [-0.15, -0.1) is 11.3 Å². The zero-order valence-corrected chi connectivity index (χ0v) is 18.3. The molecule has 152 valence electrons. The SMILES string of the molecule is O=C(CCN(Cc1cccc(Cl)c1)S(=O)(=O)c1ccc(Cl)s1)N1CCNCC1. The van der Waals surface area contributed by atoms with Crippen molar-refractivity contribution in [2.24, 2.45) is 0 Å². The van der Waals surface area contributed by atoms with Crippen molar-refractivity contribution in [1.82, 2.24) is 14.5 Å². The van der Waals surface area contributed by atoms with Gasteiger partial charge in [0.2, 0.25) is 5.91 Å². The normalized spacial score (nSPS) is 15.2. The molecule has 2 aromatic rings. The van der Waals surface area contributed by atoms with E-state index in [1.165, 1.54) is 10.4 Å². The Hall–Kier alpha value is -1.16. The number of rotatable bonds is 7. The van der Waals surface area contributed by atoms with Crippen LogP contribution in [0.4, 0.5) is 0 Å². The number of piperazine rings is 1. The first-order chi connectivity index (χ1) is 13.4. The molecule has 2 heterocycles. The van der Waals surface area contributed by atoms with Crippen LogP contribution in [0, 0.1) is 0 Å². The largest absolute Gasteiger partial charge is 0.340 e. The van der Waals surface area contributed by atoms with Gasteiger partial charge in [0.15, 0.2) is 0 Å². The number of hydrogen-bond donors (Lipinski definition) is 1. The van der Waals surface area contributed by atoms with Crippen molar-refractivity contribution in [3.8, 4) is 0 Å². The fourth-order valence-electron chi connectivity index (χ4n) is 2.98. The highest BCUT2D eigenvalue weighted by Gasteiger charge is 2.28. The molecule has 1 aromatic heterocycles. The second kappa shape index (κ2) is 9.56. The number of thiophene rings is 1. The van der Waals surface area contributed by atoms with E-state index < -0.39 is 10.0 Å². The Morgan fingerprint density at radius 2 is 1.93 bits per heavy atom. The Kier molecular flexibility index (Phi) is 7.36. The maximum absolute atomic E-state index is 13.1. The Bertz CT molecular complexity index is 928. The Morgan fingerprint density at radius 3 is 2.57 bits per heavy atom. The quantitative estimate of drug-likeness (QED) is 0.687. The van der Waals surface area contributed by atoms with Gasteiger partial charge < -0.3 is 10.2 Å². The van der Waals surface area contributed by atoms with Crippen LogP contribution in [0.25, 0.3) is 0 Å². The summed E-state index contributed by atoms with van der Waals surface area (Å²) in [5.74, 6) is -0.0444. The average Bonchev–Trinajstić information content (AvgIpc) is 3.13. The van der Waals surface area contributed by atoms with Crippen LogP contribution in [0.5, 0.6) is 0 Å². The van der Waals surface area contributed by atoms with E-state index in [1.807, 2.05) is 6.07 Å². The summed E-state index contributed by atoms with van der Waals surface area (Å²) in [6.45, 7) is 3.01. The van der Waals surface area contributed by atoms with Gasteiger partial charge in [-0.2, -0.15) is 4.31 Å². The fraction of sp³-hybridized carbons (Fsp3) is 0.389. The van der Waals surface area contributed by atoms with E-state index in [0.717, 1.165) is 30.0 Å². The second-order valence-corrected chi connectivity index (χ2v) is 10.7. The lowest BCUT2D eigenvalue weighted by Crippen LogP contribution is -2.47. The van der Waals surface area contributed by atoms with Crippen LogP contribution in [-0.2, 0) is 21.4 Å². The molecule has 1 N–H and O–H groups in total. The molecule has 0 aliphatic carbocycles. The van der Waals surface area contributed by atoms with E-state index in [-0.39, 0.29) is 29.6 Å². The Balaban J connectivity index is 1.78. The molecule has 1 aliphatic rings. The van der Waals surface area contributed by atoms with Crippen LogP contribution in [0.15, 0.2) is 40.6 Å². The number of carbonyl (C=O) groups excluding carboxylic acids is 1. The van der Waals surface area contributed by atoms with Gasteiger partial charge in [0, 0.05) is 50.7 Å². The minimum Gasteiger partial charge on any atom is -0.340 e. The molecule has 0 radical (unpaired) electrons. The standard InChI is InChI=1S/C18H21Cl2N3O3S2/c19-15-3-1-2-14(12-15)13-23(28(25,26)18-5-4-16(20)27-18)9-6-17(24)22-10-7-21-8-11-22/h1-5,12,21H,6-11,13H2. The van der Waals surface area contributed by atoms with Crippen molar-refractivity contribution in [2.75, 3.05) is 32.7 Å². The van der Waals surface area contributed by atoms with E-state index in [9.17, 15) is 13.2 Å². The zero-order valence-electron chi connectivity index (χ0n) is 15.1. The first-order valence-corrected chi connectivity index (χ1v) is 11.9. The topological polar surface area (TPSA) is 69.7 Å². The third-order valence-electron chi connectivity index (χ3n) is 4.44. The third-order valence-corrected chi connectivity index (χ3v) is 8.21. The predicted molar refractivity (Wildman–Crippen MR) is 112 cm³/mol. The number of hydrogen-bond acceptors (Lipinski definition) is 5. The summed E-state index contributed by atoms with van der Waals surface area (Å²) in [4.78, 5) is 14.3. The summed E-state index contributed by atoms with van der Waals surface area (Å²) in [7, 11) is -3.78. The maximum atomic E-state index is 13.1. The molecular formula is C18H21Cl2N3O3S2. The molecule has 1 saturated heterocycles. The van der Waals surface area contributed by atoms with Crippen LogP contribution >= 0.6 is 34.5 Å². The number of halogens is 2. The van der Waals surface area contributed by atoms with E-state index in [4.69, 9.17) is 23.2 Å².